The quantitative estimate of drug-likeness (QED) is 0.845. The van der Waals surface area contributed by atoms with Crippen molar-refractivity contribution in [2.45, 2.75) is 19.5 Å². The number of rotatable bonds is 2. The van der Waals surface area contributed by atoms with E-state index in [0.29, 0.717) is 19.6 Å². The van der Waals surface area contributed by atoms with Crippen LogP contribution in [0.25, 0.3) is 0 Å². The lowest BCUT2D eigenvalue weighted by Gasteiger charge is -2.25. The van der Waals surface area contributed by atoms with Crippen molar-refractivity contribution in [3.05, 3.63) is 47.3 Å². The monoisotopic (exact) mass is 257 g/mol. The van der Waals surface area contributed by atoms with Gasteiger partial charge in [0.05, 0.1) is 12.2 Å². The second-order valence-corrected chi connectivity index (χ2v) is 4.53. The van der Waals surface area contributed by atoms with Crippen LogP contribution in [0.3, 0.4) is 0 Å². The topological polar surface area (TPSA) is 73.9 Å². The number of carbonyl (C=O) groups excluding carboxylic acids is 1. The van der Waals surface area contributed by atoms with Gasteiger partial charge in [0, 0.05) is 19.5 Å². The van der Waals surface area contributed by atoms with Gasteiger partial charge in [0.1, 0.15) is 5.69 Å². The van der Waals surface area contributed by atoms with Gasteiger partial charge in [-0.1, -0.05) is 30.3 Å². The number of fused-ring (bicyclic) bond motifs is 1. The number of nitrogens with zero attached hydrogens (tertiary/aromatic N) is 3. The van der Waals surface area contributed by atoms with Crippen molar-refractivity contribution in [2.75, 3.05) is 6.54 Å². The summed E-state index contributed by atoms with van der Waals surface area (Å²) < 4.78 is 0. The third-order valence-electron chi connectivity index (χ3n) is 3.24. The highest BCUT2D eigenvalue weighted by Crippen LogP contribution is 2.13. The minimum Gasteiger partial charge on any atom is -0.334 e. The van der Waals surface area contributed by atoms with Gasteiger partial charge in [-0.3, -0.25) is 0 Å². The first-order chi connectivity index (χ1) is 9.33. The number of hydrogen-bond donors (Lipinski definition) is 2. The van der Waals surface area contributed by atoms with Crippen molar-refractivity contribution in [2.24, 2.45) is 0 Å². The molecule has 2 heterocycles. The summed E-state index contributed by atoms with van der Waals surface area (Å²) in [5.74, 6) is 0. The Balaban J connectivity index is 1.57. The highest BCUT2D eigenvalue weighted by atomic mass is 16.2. The van der Waals surface area contributed by atoms with Crippen LogP contribution in [0.15, 0.2) is 30.3 Å². The molecule has 0 radical (unpaired) electrons. The Labute approximate surface area is 110 Å². The van der Waals surface area contributed by atoms with Crippen LogP contribution in [0, 0.1) is 0 Å². The van der Waals surface area contributed by atoms with Crippen LogP contribution < -0.4 is 5.32 Å². The summed E-state index contributed by atoms with van der Waals surface area (Å²) in [6.45, 7) is 1.74. The van der Waals surface area contributed by atoms with E-state index in [1.54, 1.807) is 4.90 Å². The van der Waals surface area contributed by atoms with Crippen LogP contribution in [-0.4, -0.2) is 32.9 Å². The van der Waals surface area contributed by atoms with E-state index in [2.05, 4.69) is 20.7 Å². The Morgan fingerprint density at radius 2 is 2.05 bits per heavy atom. The van der Waals surface area contributed by atoms with E-state index in [9.17, 15) is 4.79 Å². The molecule has 2 N–H and O–H groups in total. The molecule has 0 bridgehead atoms. The Hall–Kier alpha value is -2.37. The summed E-state index contributed by atoms with van der Waals surface area (Å²) in [6.07, 6.45) is 0.755. The van der Waals surface area contributed by atoms with E-state index in [4.69, 9.17) is 0 Å². The Morgan fingerprint density at radius 1 is 1.26 bits per heavy atom. The zero-order valence-corrected chi connectivity index (χ0v) is 10.5. The zero-order chi connectivity index (χ0) is 13.1. The second-order valence-electron chi connectivity index (χ2n) is 4.53. The van der Waals surface area contributed by atoms with Crippen LogP contribution in [-0.2, 0) is 19.5 Å². The van der Waals surface area contributed by atoms with Gasteiger partial charge in [0.15, 0.2) is 0 Å². The lowest BCUT2D eigenvalue weighted by Crippen LogP contribution is -2.42. The second kappa shape index (κ2) is 5.09. The number of nitrogens with one attached hydrogen (secondary N) is 2. The SMILES string of the molecule is O=C(NCc1ccccc1)N1CCc2n[nH]nc2C1. The van der Waals surface area contributed by atoms with Crippen LogP contribution in [0.5, 0.6) is 0 Å². The normalized spacial score (nSPS) is 14.0. The summed E-state index contributed by atoms with van der Waals surface area (Å²) in [5, 5.41) is 13.6. The minimum atomic E-state index is -0.0579. The Kier molecular flexibility index (Phi) is 3.14. The third kappa shape index (κ3) is 2.57. The number of hydrogen-bond acceptors (Lipinski definition) is 3. The number of H-pyrrole nitrogens is 1. The number of benzene rings is 1. The molecule has 3 rings (SSSR count). The molecule has 0 unspecified atom stereocenters. The van der Waals surface area contributed by atoms with E-state index in [-0.39, 0.29) is 6.03 Å². The lowest BCUT2D eigenvalue weighted by molar-refractivity contribution is 0.191. The molecule has 0 atom stereocenters. The van der Waals surface area contributed by atoms with Crippen molar-refractivity contribution in [1.82, 2.24) is 25.6 Å². The molecular formula is C13H15N5O. The molecule has 6 nitrogen and oxygen atoms in total. The van der Waals surface area contributed by atoms with E-state index in [1.165, 1.54) is 0 Å². The molecule has 19 heavy (non-hydrogen) atoms. The van der Waals surface area contributed by atoms with Crippen molar-refractivity contribution in [1.29, 1.82) is 0 Å². The molecule has 0 fully saturated rings. The minimum absolute atomic E-state index is 0.0579. The molecule has 1 aromatic carbocycles. The van der Waals surface area contributed by atoms with Crippen molar-refractivity contribution in [3.8, 4) is 0 Å². The summed E-state index contributed by atoms with van der Waals surface area (Å²) in [7, 11) is 0. The summed E-state index contributed by atoms with van der Waals surface area (Å²) in [6, 6.07) is 9.81. The maximum absolute atomic E-state index is 12.1. The molecule has 2 aromatic rings. The maximum Gasteiger partial charge on any atom is 0.318 e. The molecular weight excluding hydrogens is 242 g/mol. The van der Waals surface area contributed by atoms with Gasteiger partial charge in [-0.25, -0.2) is 4.79 Å². The number of aromatic nitrogens is 3. The fraction of sp³-hybridized carbons (Fsp3) is 0.308. The van der Waals surface area contributed by atoms with E-state index in [1.807, 2.05) is 30.3 Å². The van der Waals surface area contributed by atoms with Crippen LogP contribution >= 0.6 is 0 Å². The molecule has 0 aliphatic carbocycles. The fourth-order valence-corrected chi connectivity index (χ4v) is 2.16. The molecule has 0 saturated heterocycles. The van der Waals surface area contributed by atoms with Gasteiger partial charge < -0.3 is 10.2 Å². The molecule has 98 valence electrons. The van der Waals surface area contributed by atoms with E-state index < -0.39 is 0 Å². The molecule has 1 aromatic heterocycles. The smallest absolute Gasteiger partial charge is 0.318 e. The van der Waals surface area contributed by atoms with Gasteiger partial charge in [0.2, 0.25) is 0 Å². The maximum atomic E-state index is 12.1. The van der Waals surface area contributed by atoms with Crippen LogP contribution in [0.2, 0.25) is 0 Å². The number of urea groups is 1. The predicted octanol–water partition coefficient (Wildman–Crippen LogP) is 1.07. The fourth-order valence-electron chi connectivity index (χ4n) is 2.16. The first-order valence-electron chi connectivity index (χ1n) is 6.28. The number of aromatic amines is 1. The standard InChI is InChI=1S/C13H15N5O/c19-13(14-8-10-4-2-1-3-5-10)18-7-6-11-12(9-18)16-17-15-11/h1-5H,6-9H2,(H,14,19)(H,15,16,17). The highest BCUT2D eigenvalue weighted by molar-refractivity contribution is 5.74. The average Bonchev–Trinajstić information content (AvgIpc) is 2.93. The van der Waals surface area contributed by atoms with Crippen molar-refractivity contribution >= 4 is 6.03 Å². The molecule has 0 saturated carbocycles. The number of carbonyl (C=O) groups is 1. The summed E-state index contributed by atoms with van der Waals surface area (Å²) in [4.78, 5) is 13.8. The van der Waals surface area contributed by atoms with Crippen molar-refractivity contribution in [3.63, 3.8) is 0 Å². The lowest BCUT2D eigenvalue weighted by atomic mass is 10.1. The van der Waals surface area contributed by atoms with Crippen LogP contribution in [0.1, 0.15) is 17.0 Å². The predicted molar refractivity (Wildman–Crippen MR) is 69.2 cm³/mol. The van der Waals surface area contributed by atoms with Crippen LogP contribution in [0.4, 0.5) is 4.79 Å². The molecule has 1 aliphatic heterocycles. The van der Waals surface area contributed by atoms with Gasteiger partial charge >= 0.3 is 6.03 Å². The van der Waals surface area contributed by atoms with Gasteiger partial charge in [-0.15, -0.1) is 0 Å². The first-order valence-corrected chi connectivity index (χ1v) is 6.28. The largest absolute Gasteiger partial charge is 0.334 e. The molecule has 1 aliphatic rings. The van der Waals surface area contributed by atoms with E-state index in [0.717, 1.165) is 23.4 Å². The Morgan fingerprint density at radius 3 is 2.89 bits per heavy atom. The summed E-state index contributed by atoms with van der Waals surface area (Å²) >= 11 is 0. The molecule has 6 heteroatoms. The Bertz CT molecular complexity index is 565. The first kappa shape index (κ1) is 11.7. The third-order valence-corrected chi connectivity index (χ3v) is 3.24. The van der Waals surface area contributed by atoms with E-state index >= 15 is 0 Å². The molecule has 0 spiro atoms. The number of amides is 2. The van der Waals surface area contributed by atoms with Gasteiger partial charge in [-0.05, 0) is 5.56 Å². The highest BCUT2D eigenvalue weighted by Gasteiger charge is 2.23. The van der Waals surface area contributed by atoms with Gasteiger partial charge in [0.25, 0.3) is 0 Å². The summed E-state index contributed by atoms with van der Waals surface area (Å²) in [5.41, 5.74) is 2.92. The zero-order valence-electron chi connectivity index (χ0n) is 10.5. The molecule has 2 amide bonds. The average molecular weight is 257 g/mol. The van der Waals surface area contributed by atoms with Gasteiger partial charge in [-0.2, -0.15) is 15.4 Å². The van der Waals surface area contributed by atoms with Crippen molar-refractivity contribution < 1.29 is 4.79 Å².